The standard InChI is InChI=1S/C20H17F2N3O5/c1-25-11-13(10-23-25)18(26)24-14-4-6-15(7-5-14)29-19(27)12-3-8-16(28-2)17(9-12)30-20(21)22/h3-11,20H,1-2H3,(H,24,26). The smallest absolute Gasteiger partial charge is 0.387 e. The van der Waals surface area contributed by atoms with Gasteiger partial charge in [0.1, 0.15) is 5.75 Å². The third-order valence-corrected chi connectivity index (χ3v) is 3.91. The van der Waals surface area contributed by atoms with Crippen molar-refractivity contribution in [2.24, 2.45) is 7.05 Å². The van der Waals surface area contributed by atoms with Gasteiger partial charge in [-0.15, -0.1) is 0 Å². The fourth-order valence-corrected chi connectivity index (χ4v) is 2.51. The van der Waals surface area contributed by atoms with Crippen molar-refractivity contribution < 1.29 is 32.6 Å². The maximum absolute atomic E-state index is 12.5. The number of aromatic nitrogens is 2. The van der Waals surface area contributed by atoms with Gasteiger partial charge in [-0.25, -0.2) is 4.79 Å². The summed E-state index contributed by atoms with van der Waals surface area (Å²) in [5, 5.41) is 6.62. The van der Waals surface area contributed by atoms with Crippen LogP contribution in [0.25, 0.3) is 0 Å². The number of esters is 1. The number of ether oxygens (including phenoxy) is 3. The summed E-state index contributed by atoms with van der Waals surface area (Å²) in [6.45, 7) is -3.07. The zero-order valence-electron chi connectivity index (χ0n) is 16.0. The summed E-state index contributed by atoms with van der Waals surface area (Å²) in [4.78, 5) is 24.4. The summed E-state index contributed by atoms with van der Waals surface area (Å²) in [6.07, 6.45) is 3.01. The first-order valence-electron chi connectivity index (χ1n) is 8.61. The fourth-order valence-electron chi connectivity index (χ4n) is 2.51. The number of carbonyl (C=O) groups is 2. The second kappa shape index (κ2) is 9.03. The molecule has 0 radical (unpaired) electrons. The summed E-state index contributed by atoms with van der Waals surface area (Å²) in [7, 11) is 2.99. The molecule has 0 fully saturated rings. The van der Waals surface area contributed by atoms with Gasteiger partial charge in [-0.3, -0.25) is 9.48 Å². The Morgan fingerprint density at radius 3 is 2.40 bits per heavy atom. The molecule has 0 aliphatic heterocycles. The highest BCUT2D eigenvalue weighted by atomic mass is 19.3. The third-order valence-electron chi connectivity index (χ3n) is 3.91. The second-order valence-corrected chi connectivity index (χ2v) is 6.01. The quantitative estimate of drug-likeness (QED) is 0.467. The van der Waals surface area contributed by atoms with Crippen LogP contribution < -0.4 is 19.5 Å². The van der Waals surface area contributed by atoms with Gasteiger partial charge in [-0.05, 0) is 42.5 Å². The van der Waals surface area contributed by atoms with Crippen LogP contribution in [-0.2, 0) is 7.05 Å². The minimum atomic E-state index is -3.07. The van der Waals surface area contributed by atoms with Crippen molar-refractivity contribution in [3.05, 3.63) is 66.0 Å². The van der Waals surface area contributed by atoms with Crippen LogP contribution in [0.4, 0.5) is 14.5 Å². The summed E-state index contributed by atoms with van der Waals surface area (Å²) < 4.78 is 41.1. The number of methoxy groups -OCH3 is 1. The van der Waals surface area contributed by atoms with Crippen LogP contribution in [0.1, 0.15) is 20.7 Å². The van der Waals surface area contributed by atoms with Crippen LogP contribution >= 0.6 is 0 Å². The third kappa shape index (κ3) is 5.10. The normalized spacial score (nSPS) is 10.6. The number of aryl methyl sites for hydroxylation is 1. The number of benzene rings is 2. The lowest BCUT2D eigenvalue weighted by atomic mass is 10.2. The molecule has 156 valence electrons. The molecule has 0 bridgehead atoms. The maximum atomic E-state index is 12.5. The van der Waals surface area contributed by atoms with E-state index < -0.39 is 12.6 Å². The lowest BCUT2D eigenvalue weighted by molar-refractivity contribution is -0.0512. The second-order valence-electron chi connectivity index (χ2n) is 6.01. The number of alkyl halides is 2. The molecular weight excluding hydrogens is 400 g/mol. The van der Waals surface area contributed by atoms with E-state index in [1.165, 1.54) is 42.3 Å². The van der Waals surface area contributed by atoms with Crippen LogP contribution in [0.3, 0.4) is 0 Å². The molecule has 1 aromatic heterocycles. The van der Waals surface area contributed by atoms with E-state index in [2.05, 4.69) is 15.2 Å². The van der Waals surface area contributed by atoms with E-state index in [0.29, 0.717) is 11.3 Å². The monoisotopic (exact) mass is 417 g/mol. The Hall–Kier alpha value is -3.95. The van der Waals surface area contributed by atoms with Crippen LogP contribution in [0, 0.1) is 0 Å². The van der Waals surface area contributed by atoms with E-state index in [1.807, 2.05) is 0 Å². The first-order chi connectivity index (χ1) is 14.4. The van der Waals surface area contributed by atoms with Crippen molar-refractivity contribution in [1.29, 1.82) is 0 Å². The molecule has 3 rings (SSSR count). The van der Waals surface area contributed by atoms with Gasteiger partial charge in [-0.1, -0.05) is 0 Å². The topological polar surface area (TPSA) is 91.7 Å². The molecular formula is C20H17F2N3O5. The number of hydrogen-bond donors (Lipinski definition) is 1. The highest BCUT2D eigenvalue weighted by molar-refractivity contribution is 6.04. The van der Waals surface area contributed by atoms with E-state index in [1.54, 1.807) is 25.4 Å². The lowest BCUT2D eigenvalue weighted by Gasteiger charge is -2.11. The molecule has 0 aliphatic carbocycles. The van der Waals surface area contributed by atoms with Crippen molar-refractivity contribution in [2.45, 2.75) is 6.61 Å². The first-order valence-corrected chi connectivity index (χ1v) is 8.61. The van der Waals surface area contributed by atoms with Crippen LogP contribution in [0.2, 0.25) is 0 Å². The van der Waals surface area contributed by atoms with Crippen molar-refractivity contribution in [1.82, 2.24) is 9.78 Å². The number of amides is 1. The molecule has 0 unspecified atom stereocenters. The first kappa shape index (κ1) is 20.8. The van der Waals surface area contributed by atoms with Crippen LogP contribution in [-0.4, -0.2) is 35.4 Å². The van der Waals surface area contributed by atoms with E-state index >= 15 is 0 Å². The number of carbonyl (C=O) groups excluding carboxylic acids is 2. The minimum absolute atomic E-state index is 0.000377. The van der Waals surface area contributed by atoms with Crippen molar-refractivity contribution in [3.63, 3.8) is 0 Å². The molecule has 0 atom stereocenters. The Morgan fingerprint density at radius 1 is 1.07 bits per heavy atom. The average Bonchev–Trinajstić information content (AvgIpc) is 3.15. The zero-order valence-corrected chi connectivity index (χ0v) is 16.0. The molecule has 0 saturated carbocycles. The molecule has 30 heavy (non-hydrogen) atoms. The van der Waals surface area contributed by atoms with Gasteiger partial charge in [0, 0.05) is 18.9 Å². The molecule has 8 nitrogen and oxygen atoms in total. The van der Waals surface area contributed by atoms with Gasteiger partial charge in [0.25, 0.3) is 5.91 Å². The highest BCUT2D eigenvalue weighted by Gasteiger charge is 2.16. The summed E-state index contributed by atoms with van der Waals surface area (Å²) in [5.74, 6) is -1.14. The minimum Gasteiger partial charge on any atom is -0.493 e. The number of anilines is 1. The SMILES string of the molecule is COc1ccc(C(=O)Oc2ccc(NC(=O)c3cnn(C)c3)cc2)cc1OC(F)F. The zero-order chi connectivity index (χ0) is 21.7. The molecule has 0 aliphatic rings. The molecule has 1 N–H and O–H groups in total. The van der Waals surface area contributed by atoms with E-state index in [4.69, 9.17) is 9.47 Å². The molecule has 0 spiro atoms. The number of rotatable bonds is 7. The molecule has 1 amide bonds. The Bertz CT molecular complexity index is 1050. The van der Waals surface area contributed by atoms with E-state index in [9.17, 15) is 18.4 Å². The van der Waals surface area contributed by atoms with Gasteiger partial charge >= 0.3 is 12.6 Å². The summed E-state index contributed by atoms with van der Waals surface area (Å²) >= 11 is 0. The van der Waals surface area contributed by atoms with Crippen LogP contribution in [0.5, 0.6) is 17.2 Å². The molecule has 2 aromatic carbocycles. The lowest BCUT2D eigenvalue weighted by Crippen LogP contribution is -2.12. The largest absolute Gasteiger partial charge is 0.493 e. The molecule has 0 saturated heterocycles. The number of hydrogen-bond acceptors (Lipinski definition) is 6. The number of halogens is 2. The molecule has 1 heterocycles. The Morgan fingerprint density at radius 2 is 1.80 bits per heavy atom. The van der Waals surface area contributed by atoms with Crippen molar-refractivity contribution in [2.75, 3.05) is 12.4 Å². The van der Waals surface area contributed by atoms with Crippen molar-refractivity contribution >= 4 is 17.6 Å². The predicted molar refractivity (Wildman–Crippen MR) is 102 cm³/mol. The molecule has 3 aromatic rings. The maximum Gasteiger partial charge on any atom is 0.387 e. The summed E-state index contributed by atoms with van der Waals surface area (Å²) in [6, 6.07) is 9.86. The Kier molecular flexibility index (Phi) is 6.26. The van der Waals surface area contributed by atoms with E-state index in [-0.39, 0.29) is 28.7 Å². The van der Waals surface area contributed by atoms with Crippen LogP contribution in [0.15, 0.2) is 54.9 Å². The average molecular weight is 417 g/mol. The number of nitrogens with one attached hydrogen (secondary N) is 1. The van der Waals surface area contributed by atoms with Gasteiger partial charge in [-0.2, -0.15) is 13.9 Å². The van der Waals surface area contributed by atoms with Gasteiger partial charge in [0.15, 0.2) is 11.5 Å². The fraction of sp³-hybridized carbons (Fsp3) is 0.150. The van der Waals surface area contributed by atoms with Gasteiger partial charge in [0.05, 0.1) is 24.4 Å². The van der Waals surface area contributed by atoms with Crippen molar-refractivity contribution in [3.8, 4) is 17.2 Å². The van der Waals surface area contributed by atoms with Gasteiger partial charge in [0.2, 0.25) is 0 Å². The Labute approximate surface area is 170 Å². The Balaban J connectivity index is 1.66. The predicted octanol–water partition coefficient (Wildman–Crippen LogP) is 3.50. The molecule has 10 heteroatoms. The number of nitrogens with zero attached hydrogens (tertiary/aromatic N) is 2. The summed E-state index contributed by atoms with van der Waals surface area (Å²) in [5.41, 5.74) is 0.885. The van der Waals surface area contributed by atoms with Gasteiger partial charge < -0.3 is 19.5 Å². The van der Waals surface area contributed by atoms with E-state index in [0.717, 1.165) is 6.07 Å². The highest BCUT2D eigenvalue weighted by Crippen LogP contribution is 2.30.